The van der Waals surface area contributed by atoms with Crippen molar-refractivity contribution in [2.45, 2.75) is 44.2 Å². The predicted molar refractivity (Wildman–Crippen MR) is 98.1 cm³/mol. The monoisotopic (exact) mass is 369 g/mol. The fourth-order valence-electron chi connectivity index (χ4n) is 3.69. The number of carbonyl (C=O) groups is 1. The molecule has 7 nitrogen and oxygen atoms in total. The zero-order chi connectivity index (χ0) is 18.8. The fourth-order valence-corrected chi connectivity index (χ4v) is 3.69. The van der Waals surface area contributed by atoms with Crippen molar-refractivity contribution < 1.29 is 19.4 Å². The summed E-state index contributed by atoms with van der Waals surface area (Å²) in [5.74, 6) is 1.08. The second-order valence-corrected chi connectivity index (χ2v) is 7.00. The number of ether oxygens (including phenoxy) is 2. The van der Waals surface area contributed by atoms with Gasteiger partial charge < -0.3 is 19.9 Å². The molecule has 2 aliphatic rings. The summed E-state index contributed by atoms with van der Waals surface area (Å²) in [4.78, 5) is 21.4. The molecule has 1 aliphatic heterocycles. The molecule has 27 heavy (non-hydrogen) atoms. The van der Waals surface area contributed by atoms with Crippen LogP contribution in [0, 0.1) is 0 Å². The number of nitrogens with one attached hydrogen (secondary N) is 1. The van der Waals surface area contributed by atoms with Crippen molar-refractivity contribution in [1.29, 1.82) is 0 Å². The SMILES string of the molecule is COc1ccc(Cc2cc(C(=O)N[C@H]3CCC[C@@H]3O)nc3c2OCC3)cn1. The van der Waals surface area contributed by atoms with E-state index < -0.39 is 6.10 Å². The number of fused-ring (bicyclic) bond motifs is 1. The Balaban J connectivity index is 1.58. The molecule has 0 radical (unpaired) electrons. The molecule has 4 rings (SSSR count). The summed E-state index contributed by atoms with van der Waals surface area (Å²) in [6, 6.07) is 5.35. The van der Waals surface area contributed by atoms with E-state index in [4.69, 9.17) is 9.47 Å². The zero-order valence-corrected chi connectivity index (χ0v) is 15.3. The Bertz CT molecular complexity index is 838. The van der Waals surface area contributed by atoms with Gasteiger partial charge in [0, 0.05) is 30.7 Å². The van der Waals surface area contributed by atoms with E-state index in [1.165, 1.54) is 0 Å². The number of methoxy groups -OCH3 is 1. The molecule has 0 saturated heterocycles. The first-order chi connectivity index (χ1) is 13.1. The Hall–Kier alpha value is -2.67. The maximum absolute atomic E-state index is 12.7. The van der Waals surface area contributed by atoms with Gasteiger partial charge in [-0.3, -0.25) is 4.79 Å². The molecule has 2 aromatic heterocycles. The first-order valence-corrected chi connectivity index (χ1v) is 9.27. The van der Waals surface area contributed by atoms with Gasteiger partial charge in [0.25, 0.3) is 5.91 Å². The van der Waals surface area contributed by atoms with Crippen LogP contribution in [0.25, 0.3) is 0 Å². The molecule has 0 spiro atoms. The number of pyridine rings is 2. The number of hydrogen-bond acceptors (Lipinski definition) is 6. The Kier molecular flexibility index (Phi) is 4.94. The lowest BCUT2D eigenvalue weighted by Crippen LogP contribution is -2.40. The molecule has 0 bridgehead atoms. The summed E-state index contributed by atoms with van der Waals surface area (Å²) >= 11 is 0. The number of aromatic nitrogens is 2. The highest BCUT2D eigenvalue weighted by atomic mass is 16.5. The first kappa shape index (κ1) is 17.7. The van der Waals surface area contributed by atoms with Gasteiger partial charge in [0.05, 0.1) is 31.6 Å². The molecule has 2 atom stereocenters. The highest BCUT2D eigenvalue weighted by Gasteiger charge is 2.28. The van der Waals surface area contributed by atoms with E-state index in [9.17, 15) is 9.90 Å². The van der Waals surface area contributed by atoms with Gasteiger partial charge >= 0.3 is 0 Å². The van der Waals surface area contributed by atoms with Gasteiger partial charge in [0.1, 0.15) is 11.4 Å². The van der Waals surface area contributed by atoms with Crippen LogP contribution in [0.1, 0.15) is 46.6 Å². The predicted octanol–water partition coefficient (Wildman–Crippen LogP) is 1.65. The molecule has 0 aromatic carbocycles. The Labute approximate surface area is 157 Å². The highest BCUT2D eigenvalue weighted by molar-refractivity contribution is 5.93. The van der Waals surface area contributed by atoms with Gasteiger partial charge in [-0.2, -0.15) is 0 Å². The molecule has 2 aromatic rings. The second kappa shape index (κ2) is 7.52. The maximum atomic E-state index is 12.7. The van der Waals surface area contributed by atoms with Gasteiger partial charge in [-0.1, -0.05) is 6.07 Å². The smallest absolute Gasteiger partial charge is 0.270 e. The van der Waals surface area contributed by atoms with Gasteiger partial charge in [-0.15, -0.1) is 0 Å². The molecule has 1 fully saturated rings. The van der Waals surface area contributed by atoms with Gasteiger partial charge in [-0.25, -0.2) is 9.97 Å². The van der Waals surface area contributed by atoms with Crippen LogP contribution in [0.4, 0.5) is 0 Å². The van der Waals surface area contributed by atoms with E-state index in [1.54, 1.807) is 19.4 Å². The number of aliphatic hydroxyl groups is 1. The van der Waals surface area contributed by atoms with Crippen LogP contribution >= 0.6 is 0 Å². The normalized spacial score (nSPS) is 20.8. The third kappa shape index (κ3) is 3.73. The molecule has 1 amide bonds. The van der Waals surface area contributed by atoms with E-state index >= 15 is 0 Å². The lowest BCUT2D eigenvalue weighted by molar-refractivity contribution is 0.0868. The van der Waals surface area contributed by atoms with Crippen LogP contribution in [0.5, 0.6) is 11.6 Å². The Morgan fingerprint density at radius 1 is 1.41 bits per heavy atom. The number of nitrogens with zero attached hydrogens (tertiary/aromatic N) is 2. The first-order valence-electron chi connectivity index (χ1n) is 9.27. The van der Waals surface area contributed by atoms with Crippen LogP contribution in [0.2, 0.25) is 0 Å². The number of hydrogen-bond donors (Lipinski definition) is 2. The van der Waals surface area contributed by atoms with Crippen molar-refractivity contribution in [2.24, 2.45) is 0 Å². The maximum Gasteiger partial charge on any atom is 0.270 e. The number of amides is 1. The summed E-state index contributed by atoms with van der Waals surface area (Å²) in [5.41, 5.74) is 3.10. The van der Waals surface area contributed by atoms with E-state index in [0.717, 1.165) is 41.8 Å². The third-order valence-electron chi connectivity index (χ3n) is 5.14. The van der Waals surface area contributed by atoms with Crippen LogP contribution in [0.3, 0.4) is 0 Å². The van der Waals surface area contributed by atoms with Crippen molar-refractivity contribution >= 4 is 5.91 Å². The van der Waals surface area contributed by atoms with E-state index in [0.29, 0.717) is 31.0 Å². The van der Waals surface area contributed by atoms with Crippen molar-refractivity contribution in [3.63, 3.8) is 0 Å². The average Bonchev–Trinajstić information content (AvgIpc) is 3.31. The van der Waals surface area contributed by atoms with Gasteiger partial charge in [0.2, 0.25) is 5.88 Å². The summed E-state index contributed by atoms with van der Waals surface area (Å²) in [5, 5.41) is 12.9. The summed E-state index contributed by atoms with van der Waals surface area (Å²) in [6.07, 6.45) is 5.02. The summed E-state index contributed by atoms with van der Waals surface area (Å²) < 4.78 is 10.8. The summed E-state index contributed by atoms with van der Waals surface area (Å²) in [6.45, 7) is 0.572. The van der Waals surface area contributed by atoms with Crippen molar-refractivity contribution in [1.82, 2.24) is 15.3 Å². The lowest BCUT2D eigenvalue weighted by Gasteiger charge is -2.17. The average molecular weight is 369 g/mol. The van der Waals surface area contributed by atoms with Crippen molar-refractivity contribution in [2.75, 3.05) is 13.7 Å². The number of rotatable bonds is 5. The molecule has 1 aliphatic carbocycles. The van der Waals surface area contributed by atoms with Gasteiger partial charge in [-0.05, 0) is 30.9 Å². The summed E-state index contributed by atoms with van der Waals surface area (Å²) in [7, 11) is 1.58. The minimum Gasteiger partial charge on any atom is -0.491 e. The van der Waals surface area contributed by atoms with Crippen LogP contribution in [0.15, 0.2) is 24.4 Å². The zero-order valence-electron chi connectivity index (χ0n) is 15.3. The molecular weight excluding hydrogens is 346 g/mol. The van der Waals surface area contributed by atoms with Gasteiger partial charge in [0.15, 0.2) is 0 Å². The largest absolute Gasteiger partial charge is 0.491 e. The van der Waals surface area contributed by atoms with Crippen molar-refractivity contribution in [3.05, 3.63) is 46.9 Å². The molecule has 3 heterocycles. The molecule has 0 unspecified atom stereocenters. The Morgan fingerprint density at radius 3 is 3.00 bits per heavy atom. The van der Waals surface area contributed by atoms with Crippen LogP contribution in [-0.2, 0) is 12.8 Å². The fraction of sp³-hybridized carbons (Fsp3) is 0.450. The molecular formula is C20H23N3O4. The van der Waals surface area contributed by atoms with Crippen LogP contribution in [-0.4, -0.2) is 46.8 Å². The highest BCUT2D eigenvalue weighted by Crippen LogP contribution is 2.31. The quantitative estimate of drug-likeness (QED) is 0.832. The third-order valence-corrected chi connectivity index (χ3v) is 5.14. The standard InChI is InChI=1S/C20H23N3O4/c1-26-18-6-5-12(11-21-18)9-13-10-16(22-15-7-8-27-19(13)15)20(25)23-14-3-2-4-17(14)24/h5-6,10-11,14,17,24H,2-4,7-9H2,1H3,(H,23,25)/t14-,17-/m0/s1. The van der Waals surface area contributed by atoms with E-state index in [-0.39, 0.29) is 11.9 Å². The minimum atomic E-state index is -0.475. The van der Waals surface area contributed by atoms with Crippen LogP contribution < -0.4 is 14.8 Å². The van der Waals surface area contributed by atoms with E-state index in [2.05, 4.69) is 15.3 Å². The molecule has 1 saturated carbocycles. The lowest BCUT2D eigenvalue weighted by atomic mass is 10.0. The second-order valence-electron chi connectivity index (χ2n) is 7.00. The van der Waals surface area contributed by atoms with Crippen molar-refractivity contribution in [3.8, 4) is 11.6 Å². The molecule has 7 heteroatoms. The topological polar surface area (TPSA) is 93.6 Å². The van der Waals surface area contributed by atoms with E-state index in [1.807, 2.05) is 12.1 Å². The minimum absolute atomic E-state index is 0.196. The molecule has 142 valence electrons. The number of aliphatic hydroxyl groups excluding tert-OH is 1. The molecule has 2 N–H and O–H groups in total. The number of carbonyl (C=O) groups excluding carboxylic acids is 1. The Morgan fingerprint density at radius 2 is 2.30 bits per heavy atom.